The maximum absolute atomic E-state index is 13.4. The van der Waals surface area contributed by atoms with Gasteiger partial charge in [0.2, 0.25) is 17.7 Å². The standard InChI is InChI=1S/C20H24BrN3O3/c1-5-10(4)24-17(25)14-15(18(24)26)20(23-16(14)9(2)3)12-8-11(21)6-7-13(12)22-19(20)27/h6-10,14-16,23H,5H2,1-4H3,(H,22,27)/t10-,14+,15+,16-,20+/m1/s1. The van der Waals surface area contributed by atoms with E-state index in [9.17, 15) is 14.4 Å². The van der Waals surface area contributed by atoms with Crippen LogP contribution >= 0.6 is 15.9 Å². The first-order valence-electron chi connectivity index (χ1n) is 9.50. The Balaban J connectivity index is 1.92. The summed E-state index contributed by atoms with van der Waals surface area (Å²) in [5.74, 6) is -1.78. The number of rotatable bonds is 3. The lowest BCUT2D eigenvalue weighted by molar-refractivity contribution is -0.145. The predicted molar refractivity (Wildman–Crippen MR) is 105 cm³/mol. The van der Waals surface area contributed by atoms with Crippen molar-refractivity contribution in [3.63, 3.8) is 0 Å². The first-order chi connectivity index (χ1) is 12.7. The molecular weight excluding hydrogens is 410 g/mol. The van der Waals surface area contributed by atoms with E-state index in [1.165, 1.54) is 4.90 Å². The highest BCUT2D eigenvalue weighted by molar-refractivity contribution is 9.10. The fraction of sp³-hybridized carbons (Fsp3) is 0.550. The van der Waals surface area contributed by atoms with E-state index in [-0.39, 0.29) is 35.7 Å². The number of imide groups is 1. The average molecular weight is 434 g/mol. The van der Waals surface area contributed by atoms with Crippen molar-refractivity contribution in [2.45, 2.75) is 51.7 Å². The molecule has 3 heterocycles. The van der Waals surface area contributed by atoms with Gasteiger partial charge < -0.3 is 5.32 Å². The van der Waals surface area contributed by atoms with Gasteiger partial charge in [0.05, 0.1) is 11.8 Å². The molecule has 1 aromatic carbocycles. The monoisotopic (exact) mass is 433 g/mol. The summed E-state index contributed by atoms with van der Waals surface area (Å²) in [6, 6.07) is 5.16. The fourth-order valence-corrected chi connectivity index (χ4v) is 5.28. The summed E-state index contributed by atoms with van der Waals surface area (Å²) in [5, 5.41) is 6.36. The van der Waals surface area contributed by atoms with Crippen molar-refractivity contribution in [2.24, 2.45) is 17.8 Å². The van der Waals surface area contributed by atoms with Gasteiger partial charge in [-0.15, -0.1) is 0 Å². The van der Waals surface area contributed by atoms with Gasteiger partial charge in [-0.2, -0.15) is 0 Å². The SMILES string of the molecule is CC[C@@H](C)N1C(=O)[C@@H]2[C@@H](C(C)C)N[C@]3(C(=O)Nc4ccc(Br)cc43)[C@@H]2C1=O. The number of halogens is 1. The Kier molecular flexibility index (Phi) is 4.23. The van der Waals surface area contributed by atoms with E-state index in [4.69, 9.17) is 0 Å². The molecule has 0 saturated carbocycles. The van der Waals surface area contributed by atoms with Crippen molar-refractivity contribution in [3.05, 3.63) is 28.2 Å². The van der Waals surface area contributed by atoms with Gasteiger partial charge in [-0.1, -0.05) is 36.7 Å². The van der Waals surface area contributed by atoms with Crippen LogP contribution in [0.25, 0.3) is 0 Å². The number of benzene rings is 1. The molecule has 0 radical (unpaired) electrons. The molecule has 0 aliphatic carbocycles. The third-order valence-electron chi connectivity index (χ3n) is 6.40. The molecule has 0 unspecified atom stereocenters. The average Bonchev–Trinajstić information content (AvgIpc) is 3.20. The maximum Gasteiger partial charge on any atom is 0.250 e. The number of nitrogens with zero attached hydrogens (tertiary/aromatic N) is 1. The van der Waals surface area contributed by atoms with Crippen molar-refractivity contribution in [2.75, 3.05) is 5.32 Å². The Labute approximate surface area is 167 Å². The summed E-state index contributed by atoms with van der Waals surface area (Å²) in [5.41, 5.74) is 0.237. The van der Waals surface area contributed by atoms with E-state index in [2.05, 4.69) is 26.6 Å². The van der Waals surface area contributed by atoms with E-state index < -0.39 is 17.4 Å². The third-order valence-corrected chi connectivity index (χ3v) is 6.89. The second-order valence-electron chi connectivity index (χ2n) is 8.17. The number of nitrogens with one attached hydrogen (secondary N) is 2. The first-order valence-corrected chi connectivity index (χ1v) is 10.3. The van der Waals surface area contributed by atoms with Crippen LogP contribution < -0.4 is 10.6 Å². The molecule has 2 saturated heterocycles. The molecule has 144 valence electrons. The Morgan fingerprint density at radius 2 is 1.89 bits per heavy atom. The van der Waals surface area contributed by atoms with Crippen LogP contribution in [0.2, 0.25) is 0 Å². The Bertz CT molecular complexity index is 855. The number of anilines is 1. The zero-order valence-electron chi connectivity index (χ0n) is 15.9. The minimum absolute atomic E-state index is 0.106. The number of hydrogen-bond donors (Lipinski definition) is 2. The summed E-state index contributed by atoms with van der Waals surface area (Å²) in [4.78, 5) is 41.3. The van der Waals surface area contributed by atoms with Gasteiger partial charge in [0.25, 0.3) is 0 Å². The summed E-state index contributed by atoms with van der Waals surface area (Å²) in [6.45, 7) is 7.89. The van der Waals surface area contributed by atoms with Crippen molar-refractivity contribution in [1.82, 2.24) is 10.2 Å². The van der Waals surface area contributed by atoms with Gasteiger partial charge in [0.1, 0.15) is 5.54 Å². The summed E-state index contributed by atoms with van der Waals surface area (Å²) < 4.78 is 0.832. The molecule has 1 aromatic rings. The zero-order chi connectivity index (χ0) is 19.7. The molecule has 4 rings (SSSR count). The summed E-state index contributed by atoms with van der Waals surface area (Å²) in [7, 11) is 0. The maximum atomic E-state index is 13.4. The molecule has 3 aliphatic rings. The molecule has 2 fully saturated rings. The molecule has 27 heavy (non-hydrogen) atoms. The third kappa shape index (κ3) is 2.30. The number of carbonyl (C=O) groups excluding carboxylic acids is 3. The van der Waals surface area contributed by atoms with Crippen molar-refractivity contribution >= 4 is 39.3 Å². The predicted octanol–water partition coefficient (Wildman–Crippen LogP) is 2.62. The van der Waals surface area contributed by atoms with E-state index in [0.717, 1.165) is 10.0 Å². The lowest BCUT2D eigenvalue weighted by Crippen LogP contribution is -2.54. The van der Waals surface area contributed by atoms with Gasteiger partial charge in [-0.25, -0.2) is 0 Å². The lowest BCUT2D eigenvalue weighted by atomic mass is 9.76. The van der Waals surface area contributed by atoms with Crippen LogP contribution in [-0.2, 0) is 19.9 Å². The minimum Gasteiger partial charge on any atom is -0.324 e. The van der Waals surface area contributed by atoms with E-state index in [1.807, 2.05) is 45.9 Å². The topological polar surface area (TPSA) is 78.5 Å². The summed E-state index contributed by atoms with van der Waals surface area (Å²) >= 11 is 3.48. The van der Waals surface area contributed by atoms with E-state index in [0.29, 0.717) is 12.1 Å². The molecule has 1 spiro atoms. The molecule has 3 aliphatic heterocycles. The van der Waals surface area contributed by atoms with Crippen LogP contribution in [-0.4, -0.2) is 34.7 Å². The minimum atomic E-state index is -1.20. The Morgan fingerprint density at radius 3 is 2.52 bits per heavy atom. The highest BCUT2D eigenvalue weighted by Gasteiger charge is 2.71. The zero-order valence-corrected chi connectivity index (χ0v) is 17.5. The van der Waals surface area contributed by atoms with Crippen LogP contribution in [0.1, 0.15) is 39.7 Å². The lowest BCUT2D eigenvalue weighted by Gasteiger charge is -2.31. The smallest absolute Gasteiger partial charge is 0.250 e. The van der Waals surface area contributed by atoms with Gasteiger partial charge in [-0.3, -0.25) is 24.6 Å². The number of fused-ring (bicyclic) bond motifs is 4. The Hall–Kier alpha value is -1.73. The Morgan fingerprint density at radius 1 is 1.19 bits per heavy atom. The van der Waals surface area contributed by atoms with Crippen LogP contribution in [0.15, 0.2) is 22.7 Å². The van der Waals surface area contributed by atoms with Gasteiger partial charge in [0.15, 0.2) is 0 Å². The molecule has 3 amide bonds. The van der Waals surface area contributed by atoms with Crippen LogP contribution in [0.4, 0.5) is 5.69 Å². The fourth-order valence-electron chi connectivity index (χ4n) is 4.92. The van der Waals surface area contributed by atoms with Crippen molar-refractivity contribution < 1.29 is 14.4 Å². The van der Waals surface area contributed by atoms with Crippen molar-refractivity contribution in [1.29, 1.82) is 0 Å². The van der Waals surface area contributed by atoms with Crippen molar-refractivity contribution in [3.8, 4) is 0 Å². The molecule has 2 N–H and O–H groups in total. The molecule has 0 aromatic heterocycles. The van der Waals surface area contributed by atoms with Crippen LogP contribution in [0.5, 0.6) is 0 Å². The number of carbonyl (C=O) groups is 3. The van der Waals surface area contributed by atoms with E-state index in [1.54, 1.807) is 0 Å². The number of likely N-dealkylation sites (tertiary alicyclic amines) is 1. The molecule has 6 nitrogen and oxygen atoms in total. The van der Waals surface area contributed by atoms with Crippen LogP contribution in [0.3, 0.4) is 0 Å². The van der Waals surface area contributed by atoms with Gasteiger partial charge in [-0.05, 0) is 37.5 Å². The van der Waals surface area contributed by atoms with E-state index >= 15 is 0 Å². The van der Waals surface area contributed by atoms with Gasteiger partial charge >= 0.3 is 0 Å². The highest BCUT2D eigenvalue weighted by Crippen LogP contribution is 2.54. The molecule has 0 bridgehead atoms. The largest absolute Gasteiger partial charge is 0.324 e. The summed E-state index contributed by atoms with van der Waals surface area (Å²) in [6.07, 6.45) is 0.692. The second-order valence-corrected chi connectivity index (χ2v) is 9.09. The molecule has 7 heteroatoms. The van der Waals surface area contributed by atoms with Gasteiger partial charge in [0, 0.05) is 27.8 Å². The normalized spacial score (nSPS) is 33.0. The van der Waals surface area contributed by atoms with Crippen LogP contribution in [0, 0.1) is 17.8 Å². The highest BCUT2D eigenvalue weighted by atomic mass is 79.9. The molecular formula is C20H24BrN3O3. The number of hydrogen-bond acceptors (Lipinski definition) is 4. The molecule has 5 atom stereocenters. The first kappa shape index (κ1) is 18.6. The second kappa shape index (κ2) is 6.14. The quantitative estimate of drug-likeness (QED) is 0.718. The number of amides is 3.